The van der Waals surface area contributed by atoms with Crippen molar-refractivity contribution in [1.29, 1.82) is 0 Å². The minimum absolute atomic E-state index is 0.368. The van der Waals surface area contributed by atoms with E-state index in [9.17, 15) is 0 Å². The molecule has 3 nitrogen and oxygen atoms in total. The van der Waals surface area contributed by atoms with Crippen LogP contribution >= 0.6 is 22.7 Å². The molecule has 0 aliphatic carbocycles. The molecule has 19 heavy (non-hydrogen) atoms. The van der Waals surface area contributed by atoms with Gasteiger partial charge in [-0.1, -0.05) is 6.92 Å². The summed E-state index contributed by atoms with van der Waals surface area (Å²) in [6, 6.07) is 4.22. The summed E-state index contributed by atoms with van der Waals surface area (Å²) >= 11 is 3.44. The van der Waals surface area contributed by atoms with Gasteiger partial charge in [0.15, 0.2) is 0 Å². The zero-order valence-electron chi connectivity index (χ0n) is 11.0. The first-order chi connectivity index (χ1) is 9.19. The quantitative estimate of drug-likeness (QED) is 0.796. The molecule has 2 aromatic heterocycles. The number of fused-ring (bicyclic) bond motifs is 3. The van der Waals surface area contributed by atoms with Crippen LogP contribution in [0.3, 0.4) is 0 Å². The van der Waals surface area contributed by atoms with Crippen LogP contribution in [0, 0.1) is 12.8 Å². The maximum absolute atomic E-state index is 5.95. The van der Waals surface area contributed by atoms with Crippen LogP contribution in [-0.4, -0.2) is 18.1 Å². The average molecular weight is 292 g/mol. The van der Waals surface area contributed by atoms with Crippen molar-refractivity contribution in [3.8, 4) is 5.75 Å². The topological polar surface area (TPSA) is 48.1 Å². The normalized spacial score (nSPS) is 13.2. The highest BCUT2D eigenvalue weighted by Gasteiger charge is 2.13. The first-order valence-corrected chi connectivity index (χ1v) is 7.99. The van der Waals surface area contributed by atoms with Crippen LogP contribution in [0.25, 0.3) is 20.3 Å². The number of ether oxygens (including phenoxy) is 1. The molecule has 100 valence electrons. The molecule has 0 aliphatic heterocycles. The molecule has 3 aromatic rings. The third kappa shape index (κ3) is 2.33. The van der Waals surface area contributed by atoms with Gasteiger partial charge < -0.3 is 10.5 Å². The minimum Gasteiger partial charge on any atom is -0.493 e. The Labute approximate surface area is 120 Å². The maximum atomic E-state index is 5.95. The van der Waals surface area contributed by atoms with E-state index in [4.69, 9.17) is 10.5 Å². The fourth-order valence-corrected chi connectivity index (χ4v) is 3.84. The maximum Gasteiger partial charge on any atom is 0.129 e. The fourth-order valence-electron chi connectivity index (χ4n) is 2.01. The highest BCUT2D eigenvalue weighted by Crippen LogP contribution is 2.38. The van der Waals surface area contributed by atoms with E-state index in [1.807, 2.05) is 6.92 Å². The zero-order valence-corrected chi connectivity index (χ0v) is 12.6. The Hall–Kier alpha value is -1.17. The molecule has 0 amide bonds. The predicted octanol–water partition coefficient (Wildman–Crippen LogP) is 3.79. The molecule has 0 saturated carbocycles. The van der Waals surface area contributed by atoms with Gasteiger partial charge in [-0.3, -0.25) is 0 Å². The molecule has 5 heteroatoms. The number of rotatable bonds is 4. The van der Waals surface area contributed by atoms with Gasteiger partial charge in [-0.2, -0.15) is 0 Å². The standard InChI is InChI=1S/C14H16N2OS2/c1-8(6-15)7-17-11-5-12-13(16-9(2)19-12)14-10(11)3-4-18-14/h3-5,8H,6-7,15H2,1-2H3. The molecule has 1 atom stereocenters. The van der Waals surface area contributed by atoms with E-state index < -0.39 is 0 Å². The van der Waals surface area contributed by atoms with Gasteiger partial charge in [0.25, 0.3) is 0 Å². The SMILES string of the molecule is Cc1nc2c(cc(OCC(C)CN)c3ccsc32)s1. The number of hydrogen-bond donors (Lipinski definition) is 1. The highest BCUT2D eigenvalue weighted by molar-refractivity contribution is 7.21. The van der Waals surface area contributed by atoms with Gasteiger partial charge in [0, 0.05) is 17.4 Å². The lowest BCUT2D eigenvalue weighted by Crippen LogP contribution is -2.18. The van der Waals surface area contributed by atoms with Gasteiger partial charge in [0.2, 0.25) is 0 Å². The number of benzene rings is 1. The molecule has 1 aromatic carbocycles. The first-order valence-electron chi connectivity index (χ1n) is 6.29. The van der Waals surface area contributed by atoms with Gasteiger partial charge in [-0.05, 0) is 24.9 Å². The van der Waals surface area contributed by atoms with Crippen molar-refractivity contribution in [3.63, 3.8) is 0 Å². The molecule has 3 rings (SSSR count). The van der Waals surface area contributed by atoms with E-state index in [0.717, 1.165) is 21.7 Å². The third-order valence-electron chi connectivity index (χ3n) is 3.09. The second-order valence-corrected chi connectivity index (χ2v) is 6.92. The molecular weight excluding hydrogens is 276 g/mol. The van der Waals surface area contributed by atoms with E-state index in [0.29, 0.717) is 19.1 Å². The number of hydrogen-bond acceptors (Lipinski definition) is 5. The largest absolute Gasteiger partial charge is 0.493 e. The number of aryl methyl sites for hydroxylation is 1. The van der Waals surface area contributed by atoms with E-state index in [2.05, 4.69) is 29.4 Å². The summed E-state index contributed by atoms with van der Waals surface area (Å²) in [5.74, 6) is 1.32. The molecular formula is C14H16N2OS2. The van der Waals surface area contributed by atoms with Gasteiger partial charge in [0.05, 0.1) is 26.5 Å². The molecule has 2 heterocycles. The Kier molecular flexibility index (Phi) is 3.43. The Morgan fingerprint density at radius 2 is 2.32 bits per heavy atom. The number of nitrogens with zero attached hydrogens (tertiary/aromatic N) is 1. The number of nitrogens with two attached hydrogens (primary N) is 1. The second kappa shape index (κ2) is 5.07. The van der Waals surface area contributed by atoms with E-state index in [-0.39, 0.29) is 0 Å². The monoisotopic (exact) mass is 292 g/mol. The summed E-state index contributed by atoms with van der Waals surface area (Å²) in [7, 11) is 0. The van der Waals surface area contributed by atoms with Crippen molar-refractivity contribution in [2.75, 3.05) is 13.2 Å². The molecule has 0 spiro atoms. The van der Waals surface area contributed by atoms with Crippen LogP contribution in [-0.2, 0) is 0 Å². The Balaban J connectivity index is 2.08. The molecule has 0 bridgehead atoms. The van der Waals surface area contributed by atoms with Crippen molar-refractivity contribution in [2.24, 2.45) is 11.7 Å². The molecule has 2 N–H and O–H groups in total. The summed E-state index contributed by atoms with van der Waals surface area (Å²) in [4.78, 5) is 4.62. The van der Waals surface area contributed by atoms with Crippen LogP contribution in [0.5, 0.6) is 5.75 Å². The minimum atomic E-state index is 0.368. The van der Waals surface area contributed by atoms with E-state index in [1.165, 1.54) is 9.40 Å². The summed E-state index contributed by atoms with van der Waals surface area (Å²) in [6.45, 7) is 5.45. The van der Waals surface area contributed by atoms with Crippen LogP contribution < -0.4 is 10.5 Å². The number of aromatic nitrogens is 1. The Morgan fingerprint density at radius 3 is 3.11 bits per heavy atom. The average Bonchev–Trinajstić information content (AvgIpc) is 3.00. The van der Waals surface area contributed by atoms with Crippen LogP contribution in [0.15, 0.2) is 17.5 Å². The summed E-state index contributed by atoms with van der Waals surface area (Å²) < 4.78 is 8.37. The molecule has 1 unspecified atom stereocenters. The van der Waals surface area contributed by atoms with Crippen molar-refractivity contribution >= 4 is 43.0 Å². The second-order valence-electron chi connectivity index (χ2n) is 4.77. The van der Waals surface area contributed by atoms with Crippen molar-refractivity contribution in [2.45, 2.75) is 13.8 Å². The van der Waals surface area contributed by atoms with E-state index >= 15 is 0 Å². The lowest BCUT2D eigenvalue weighted by molar-refractivity contribution is 0.267. The lowest BCUT2D eigenvalue weighted by atomic mass is 10.2. The third-order valence-corrected chi connectivity index (χ3v) is 4.93. The lowest BCUT2D eigenvalue weighted by Gasteiger charge is -2.11. The summed E-state index contributed by atoms with van der Waals surface area (Å²) in [5, 5.41) is 4.35. The summed E-state index contributed by atoms with van der Waals surface area (Å²) in [6.07, 6.45) is 0. The van der Waals surface area contributed by atoms with E-state index in [1.54, 1.807) is 22.7 Å². The van der Waals surface area contributed by atoms with Gasteiger partial charge in [0.1, 0.15) is 5.75 Å². The molecule has 0 radical (unpaired) electrons. The molecule has 0 saturated heterocycles. The predicted molar refractivity (Wildman–Crippen MR) is 83.5 cm³/mol. The molecule has 0 aliphatic rings. The van der Waals surface area contributed by atoms with Crippen molar-refractivity contribution in [3.05, 3.63) is 22.5 Å². The number of thiophene rings is 1. The Bertz CT molecular complexity index is 717. The van der Waals surface area contributed by atoms with Gasteiger partial charge in [-0.25, -0.2) is 4.98 Å². The molecule has 0 fully saturated rings. The van der Waals surface area contributed by atoms with Crippen LogP contribution in [0.2, 0.25) is 0 Å². The first kappa shape index (κ1) is 12.8. The zero-order chi connectivity index (χ0) is 13.4. The fraction of sp³-hybridized carbons (Fsp3) is 0.357. The number of thiazole rings is 1. The highest BCUT2D eigenvalue weighted by atomic mass is 32.1. The van der Waals surface area contributed by atoms with Crippen LogP contribution in [0.1, 0.15) is 11.9 Å². The smallest absolute Gasteiger partial charge is 0.129 e. The summed E-state index contributed by atoms with van der Waals surface area (Å²) in [5.41, 5.74) is 6.74. The van der Waals surface area contributed by atoms with Crippen LogP contribution in [0.4, 0.5) is 0 Å². The van der Waals surface area contributed by atoms with Crippen molar-refractivity contribution < 1.29 is 4.74 Å². The van der Waals surface area contributed by atoms with Crippen molar-refractivity contribution in [1.82, 2.24) is 4.98 Å². The van der Waals surface area contributed by atoms with Gasteiger partial charge >= 0.3 is 0 Å². The Morgan fingerprint density at radius 1 is 1.47 bits per heavy atom. The van der Waals surface area contributed by atoms with Gasteiger partial charge in [-0.15, -0.1) is 22.7 Å².